The third-order valence-electron chi connectivity index (χ3n) is 13.4. The minimum atomic E-state index is -1.55. The summed E-state index contributed by atoms with van der Waals surface area (Å²) < 4.78 is 21.7. The molecule has 1 aliphatic heterocycles. The van der Waals surface area contributed by atoms with Gasteiger partial charge in [0.2, 0.25) is 35.4 Å². The molecule has 3 atom stereocenters. The van der Waals surface area contributed by atoms with E-state index < -0.39 is 59.0 Å². The molecular weight excluding hydrogens is 975 g/mol. The van der Waals surface area contributed by atoms with E-state index in [9.17, 15) is 58.5 Å². The van der Waals surface area contributed by atoms with E-state index in [4.69, 9.17) is 18.9 Å². The van der Waals surface area contributed by atoms with Crippen LogP contribution in [-0.2, 0) is 62.1 Å². The lowest BCUT2D eigenvalue weighted by atomic mass is 9.70. The lowest BCUT2D eigenvalue weighted by Gasteiger charge is -2.42. The van der Waals surface area contributed by atoms with Crippen LogP contribution in [0.5, 0.6) is 0 Å². The molecule has 0 aromatic carbocycles. The standard InChI is InChI=1S/C54H95N5O16/c1-52(2,3)41(49(66)67)22-18-16-14-12-10-8-7-9-11-13-15-17-19-23-45(62)58-54(51(70)71,53(4,5)6)28-20-21-29-55-43(60)26-32-72-36-38-74-34-30-56-44(61)27-33-73-37-39-75-35-31-57-46(63)40-42(50(68)69)59-47(64)24-25-48(59)65/h41-42H,7-40H2,1-6H3,(H,55,60)(H,56,61)(H,57,63)(H,58,62)(H,66,67)(H,68,69)(H,70,71). The highest BCUT2D eigenvalue weighted by molar-refractivity contribution is 6.05. The Labute approximate surface area is 445 Å². The van der Waals surface area contributed by atoms with Crippen LogP contribution in [0.1, 0.15) is 189 Å². The van der Waals surface area contributed by atoms with Crippen LogP contribution in [0.15, 0.2) is 0 Å². The zero-order valence-corrected chi connectivity index (χ0v) is 46.3. The third kappa shape index (κ3) is 30.6. The number of unbranched alkanes of at least 4 members (excludes halogenated alkanes) is 13. The first-order chi connectivity index (χ1) is 35.5. The van der Waals surface area contributed by atoms with Crippen LogP contribution in [0.3, 0.4) is 0 Å². The highest BCUT2D eigenvalue weighted by Gasteiger charge is 2.49. The largest absolute Gasteiger partial charge is 0.481 e. The van der Waals surface area contributed by atoms with Gasteiger partial charge in [0.05, 0.1) is 65.2 Å². The number of rotatable bonds is 46. The fourth-order valence-electron chi connectivity index (χ4n) is 8.81. The number of nitrogens with one attached hydrogen (secondary N) is 4. The molecule has 6 amide bonds. The molecule has 0 aromatic rings. The molecule has 0 aromatic heterocycles. The fourth-order valence-corrected chi connectivity index (χ4v) is 8.81. The lowest BCUT2D eigenvalue weighted by Crippen LogP contribution is -2.62. The van der Waals surface area contributed by atoms with Crippen LogP contribution < -0.4 is 21.3 Å². The molecule has 75 heavy (non-hydrogen) atoms. The van der Waals surface area contributed by atoms with Crippen molar-refractivity contribution >= 4 is 53.4 Å². The van der Waals surface area contributed by atoms with Gasteiger partial charge in [0.25, 0.3) is 0 Å². The Hall–Kier alpha value is -4.73. The molecular formula is C54H95N5O16. The molecule has 7 N–H and O–H groups in total. The van der Waals surface area contributed by atoms with Crippen LogP contribution in [0.2, 0.25) is 0 Å². The normalized spacial score (nSPS) is 14.5. The first-order valence-electron chi connectivity index (χ1n) is 27.5. The fraction of sp³-hybridized carbons (Fsp3) is 0.833. The first kappa shape index (κ1) is 68.3. The van der Waals surface area contributed by atoms with Crippen molar-refractivity contribution in [3.05, 3.63) is 0 Å². The van der Waals surface area contributed by atoms with E-state index in [0.717, 1.165) is 44.9 Å². The Morgan fingerprint density at radius 3 is 1.35 bits per heavy atom. The monoisotopic (exact) mass is 1070 g/mol. The number of carbonyl (C=O) groups excluding carboxylic acids is 6. The number of aliphatic carboxylic acids is 3. The number of nitrogens with zero attached hydrogens (tertiary/aromatic N) is 1. The second kappa shape index (κ2) is 38.8. The molecule has 0 radical (unpaired) electrons. The summed E-state index contributed by atoms with van der Waals surface area (Å²) in [5.41, 5.74) is -2.41. The second-order valence-corrected chi connectivity index (χ2v) is 21.6. The van der Waals surface area contributed by atoms with Gasteiger partial charge in [0.15, 0.2) is 0 Å². The molecule has 21 heteroatoms. The van der Waals surface area contributed by atoms with Crippen molar-refractivity contribution in [1.29, 1.82) is 0 Å². The predicted octanol–water partition coefficient (Wildman–Crippen LogP) is 5.93. The summed E-state index contributed by atoms with van der Waals surface area (Å²) in [5.74, 6) is -6.03. The van der Waals surface area contributed by atoms with Gasteiger partial charge in [0, 0.05) is 51.7 Å². The summed E-state index contributed by atoms with van der Waals surface area (Å²) >= 11 is 0. The van der Waals surface area contributed by atoms with Gasteiger partial charge in [-0.3, -0.25) is 38.5 Å². The molecule has 1 fully saturated rings. The number of hydrogen-bond acceptors (Lipinski definition) is 13. The topological polar surface area (TPSA) is 303 Å². The SMILES string of the molecule is CC(C)(C)C(CCCCCCCCCCCCCCCC(=O)NC(CCCCNC(=O)CCOCCOCCNC(=O)CCOCCOCCNC(=O)CC(C(=O)O)N1C(=O)CCC1=O)(C(=O)O)C(C)(C)C)C(=O)O. The molecule has 0 bridgehead atoms. The maximum Gasteiger partial charge on any atom is 0.329 e. The Balaban J connectivity index is 2.06. The number of carbonyl (C=O) groups is 9. The first-order valence-corrected chi connectivity index (χ1v) is 27.5. The van der Waals surface area contributed by atoms with Gasteiger partial charge in [0.1, 0.15) is 11.6 Å². The highest BCUT2D eigenvalue weighted by Crippen LogP contribution is 2.36. The van der Waals surface area contributed by atoms with Crippen molar-refractivity contribution in [3.8, 4) is 0 Å². The molecule has 432 valence electrons. The van der Waals surface area contributed by atoms with E-state index in [1.165, 1.54) is 38.5 Å². The maximum atomic E-state index is 13.1. The van der Waals surface area contributed by atoms with E-state index in [1.807, 2.05) is 41.5 Å². The van der Waals surface area contributed by atoms with Crippen LogP contribution in [0.25, 0.3) is 0 Å². The molecule has 1 saturated heterocycles. The summed E-state index contributed by atoms with van der Waals surface area (Å²) in [7, 11) is 0. The number of ether oxygens (including phenoxy) is 4. The van der Waals surface area contributed by atoms with Gasteiger partial charge in [-0.1, -0.05) is 119 Å². The molecule has 0 saturated carbocycles. The third-order valence-corrected chi connectivity index (χ3v) is 13.4. The van der Waals surface area contributed by atoms with Gasteiger partial charge in [-0.25, -0.2) is 9.59 Å². The average Bonchev–Trinajstić information content (AvgIpc) is 3.66. The van der Waals surface area contributed by atoms with Gasteiger partial charge in [-0.2, -0.15) is 0 Å². The van der Waals surface area contributed by atoms with Gasteiger partial charge >= 0.3 is 17.9 Å². The smallest absolute Gasteiger partial charge is 0.329 e. The highest BCUT2D eigenvalue weighted by atomic mass is 16.5. The van der Waals surface area contributed by atoms with Crippen molar-refractivity contribution in [1.82, 2.24) is 26.2 Å². The lowest BCUT2D eigenvalue weighted by molar-refractivity contribution is -0.155. The molecule has 1 heterocycles. The van der Waals surface area contributed by atoms with E-state index in [1.54, 1.807) is 0 Å². The Morgan fingerprint density at radius 2 is 0.920 bits per heavy atom. The summed E-state index contributed by atoms with van der Waals surface area (Å²) in [5, 5.41) is 40.2. The number of carboxylic acid groups (broad SMARTS) is 3. The predicted molar refractivity (Wildman–Crippen MR) is 280 cm³/mol. The van der Waals surface area contributed by atoms with Crippen LogP contribution >= 0.6 is 0 Å². The summed E-state index contributed by atoms with van der Waals surface area (Å²) in [6.07, 6.45) is 16.0. The minimum absolute atomic E-state index is 0.0742. The second-order valence-electron chi connectivity index (χ2n) is 21.6. The van der Waals surface area contributed by atoms with E-state index in [2.05, 4.69) is 21.3 Å². The van der Waals surface area contributed by atoms with Gasteiger partial charge < -0.3 is 55.5 Å². The maximum absolute atomic E-state index is 13.1. The summed E-state index contributed by atoms with van der Waals surface area (Å²) in [6, 6.07) is -1.55. The van der Waals surface area contributed by atoms with Gasteiger partial charge in [-0.15, -0.1) is 0 Å². The Bertz CT molecular complexity index is 1720. The number of likely N-dealkylation sites (tertiary alicyclic amines) is 1. The van der Waals surface area contributed by atoms with Gasteiger partial charge in [-0.05, 0) is 42.9 Å². The molecule has 1 rings (SSSR count). The molecule has 3 unspecified atom stereocenters. The summed E-state index contributed by atoms with van der Waals surface area (Å²) in [6.45, 7) is 13.8. The molecule has 0 spiro atoms. The van der Waals surface area contributed by atoms with Crippen LogP contribution in [-0.4, -0.2) is 158 Å². The Kier molecular flexibility index (Phi) is 35.3. The number of carboxylic acids is 3. The van der Waals surface area contributed by atoms with Crippen molar-refractivity contribution in [2.75, 3.05) is 72.5 Å². The quantitative estimate of drug-likeness (QED) is 0.0275. The van der Waals surface area contributed by atoms with Crippen molar-refractivity contribution in [2.24, 2.45) is 16.7 Å². The number of imide groups is 1. The zero-order valence-electron chi connectivity index (χ0n) is 46.3. The van der Waals surface area contributed by atoms with Crippen molar-refractivity contribution in [3.63, 3.8) is 0 Å². The van der Waals surface area contributed by atoms with E-state index in [0.29, 0.717) is 30.7 Å². The number of amides is 6. The van der Waals surface area contributed by atoms with E-state index >= 15 is 0 Å². The van der Waals surface area contributed by atoms with Crippen molar-refractivity contribution < 1.29 is 77.4 Å². The molecule has 21 nitrogen and oxygen atoms in total. The number of hydrogen-bond donors (Lipinski definition) is 7. The molecule has 1 aliphatic rings. The van der Waals surface area contributed by atoms with Crippen LogP contribution in [0, 0.1) is 16.7 Å². The average molecular weight is 1070 g/mol. The van der Waals surface area contributed by atoms with E-state index in [-0.39, 0.29) is 134 Å². The Morgan fingerprint density at radius 1 is 0.493 bits per heavy atom. The molecule has 0 aliphatic carbocycles. The van der Waals surface area contributed by atoms with Crippen LogP contribution in [0.4, 0.5) is 0 Å². The van der Waals surface area contributed by atoms with Crippen molar-refractivity contribution in [2.45, 2.75) is 201 Å². The zero-order chi connectivity index (χ0) is 56.1. The summed E-state index contributed by atoms with van der Waals surface area (Å²) in [4.78, 5) is 110. The minimum Gasteiger partial charge on any atom is -0.481 e.